The van der Waals surface area contributed by atoms with E-state index >= 15 is 0 Å². The van der Waals surface area contributed by atoms with Crippen molar-refractivity contribution in [3.63, 3.8) is 0 Å². The Morgan fingerprint density at radius 1 is 1.48 bits per heavy atom. The molecule has 0 aliphatic carbocycles. The highest BCUT2D eigenvalue weighted by molar-refractivity contribution is 5.93. The number of pyridine rings is 1. The lowest BCUT2D eigenvalue weighted by Crippen LogP contribution is -2.46. The Hall–Kier alpha value is -2.25. The Morgan fingerprint density at radius 2 is 2.33 bits per heavy atom. The average molecular weight is 371 g/mol. The van der Waals surface area contributed by atoms with E-state index in [-0.39, 0.29) is 17.9 Å². The molecule has 144 valence electrons. The first kappa shape index (κ1) is 18.1. The largest absolute Gasteiger partial charge is 0.383 e. The monoisotopic (exact) mass is 371 g/mol. The third-order valence-electron chi connectivity index (χ3n) is 5.80. The summed E-state index contributed by atoms with van der Waals surface area (Å²) in [5, 5.41) is 0. The van der Waals surface area contributed by atoms with Crippen LogP contribution in [0.25, 0.3) is 0 Å². The summed E-state index contributed by atoms with van der Waals surface area (Å²) >= 11 is 0. The van der Waals surface area contributed by atoms with Crippen LogP contribution < -0.4 is 0 Å². The first-order chi connectivity index (χ1) is 13.1. The standard InChI is InChI=1S/C20H25N3O4/c1-3-22(12-14-6-4-5-9-21-14)18(24)16-15-7-8-20(27-15)13-23(10-11-26-2)19(25)17(16)20/h4-9,15-17H,3,10-13H2,1-2H3/t15-,16+,17-,20-/m0/s1. The second-order valence-corrected chi connectivity index (χ2v) is 7.33. The minimum absolute atomic E-state index is 0.00820. The van der Waals surface area contributed by atoms with E-state index in [1.54, 1.807) is 23.1 Å². The molecule has 3 aliphatic heterocycles. The summed E-state index contributed by atoms with van der Waals surface area (Å²) in [6, 6.07) is 5.67. The molecular weight excluding hydrogens is 346 g/mol. The van der Waals surface area contributed by atoms with E-state index in [1.165, 1.54) is 0 Å². The quantitative estimate of drug-likeness (QED) is 0.665. The van der Waals surface area contributed by atoms with Gasteiger partial charge in [-0.3, -0.25) is 14.6 Å². The zero-order valence-corrected chi connectivity index (χ0v) is 15.7. The van der Waals surface area contributed by atoms with Crippen molar-refractivity contribution >= 4 is 11.8 Å². The number of carbonyl (C=O) groups excluding carboxylic acids is 2. The zero-order valence-electron chi connectivity index (χ0n) is 15.7. The normalized spacial score (nSPS) is 30.8. The molecule has 7 heteroatoms. The molecule has 1 aromatic heterocycles. The van der Waals surface area contributed by atoms with E-state index in [4.69, 9.17) is 9.47 Å². The van der Waals surface area contributed by atoms with Gasteiger partial charge in [0.15, 0.2) is 0 Å². The van der Waals surface area contributed by atoms with E-state index < -0.39 is 17.4 Å². The maximum absolute atomic E-state index is 13.4. The molecule has 0 unspecified atom stereocenters. The molecule has 0 saturated carbocycles. The third kappa shape index (κ3) is 2.95. The van der Waals surface area contributed by atoms with Gasteiger partial charge in [-0.05, 0) is 19.1 Å². The Balaban J connectivity index is 1.55. The smallest absolute Gasteiger partial charge is 0.230 e. The van der Waals surface area contributed by atoms with Crippen LogP contribution in [-0.4, -0.2) is 71.7 Å². The number of methoxy groups -OCH3 is 1. The van der Waals surface area contributed by atoms with Crippen molar-refractivity contribution < 1.29 is 19.1 Å². The summed E-state index contributed by atoms with van der Waals surface area (Å²) in [4.78, 5) is 34.2. The van der Waals surface area contributed by atoms with Crippen LogP contribution in [0.2, 0.25) is 0 Å². The van der Waals surface area contributed by atoms with Gasteiger partial charge in [0.2, 0.25) is 11.8 Å². The number of carbonyl (C=O) groups is 2. The highest BCUT2D eigenvalue weighted by atomic mass is 16.5. The molecule has 1 aromatic rings. The van der Waals surface area contributed by atoms with E-state index in [2.05, 4.69) is 4.98 Å². The van der Waals surface area contributed by atoms with Gasteiger partial charge in [0.25, 0.3) is 0 Å². The summed E-state index contributed by atoms with van der Waals surface area (Å²) in [5.74, 6) is -0.967. The lowest BCUT2D eigenvalue weighted by Gasteiger charge is -2.29. The van der Waals surface area contributed by atoms with Gasteiger partial charge in [0.05, 0.1) is 43.3 Å². The number of hydrogen-bond acceptors (Lipinski definition) is 5. The molecule has 0 aromatic carbocycles. The second kappa shape index (κ2) is 7.05. The first-order valence-electron chi connectivity index (χ1n) is 9.43. The predicted octanol–water partition coefficient (Wildman–Crippen LogP) is 0.859. The maximum Gasteiger partial charge on any atom is 0.230 e. The molecule has 2 saturated heterocycles. The summed E-state index contributed by atoms with van der Waals surface area (Å²) < 4.78 is 11.3. The minimum Gasteiger partial charge on any atom is -0.383 e. The lowest BCUT2D eigenvalue weighted by molar-refractivity contribution is -0.143. The van der Waals surface area contributed by atoms with Crippen molar-refractivity contribution in [3.05, 3.63) is 42.2 Å². The number of nitrogens with zero attached hydrogens (tertiary/aromatic N) is 3. The number of likely N-dealkylation sites (tertiary alicyclic amines) is 1. The van der Waals surface area contributed by atoms with Crippen molar-refractivity contribution in [2.45, 2.75) is 25.2 Å². The van der Waals surface area contributed by atoms with Gasteiger partial charge in [-0.2, -0.15) is 0 Å². The Labute approximate surface area is 158 Å². The van der Waals surface area contributed by atoms with Crippen LogP contribution in [0.4, 0.5) is 0 Å². The lowest BCUT2D eigenvalue weighted by atomic mass is 9.76. The van der Waals surface area contributed by atoms with Crippen LogP contribution in [0.5, 0.6) is 0 Å². The molecule has 4 heterocycles. The van der Waals surface area contributed by atoms with Crippen LogP contribution in [0, 0.1) is 11.8 Å². The molecule has 7 nitrogen and oxygen atoms in total. The number of hydrogen-bond donors (Lipinski definition) is 0. The predicted molar refractivity (Wildman–Crippen MR) is 97.5 cm³/mol. The van der Waals surface area contributed by atoms with Crippen molar-refractivity contribution in [3.8, 4) is 0 Å². The summed E-state index contributed by atoms with van der Waals surface area (Å²) in [5.41, 5.74) is 0.168. The minimum atomic E-state index is -0.666. The Morgan fingerprint density at radius 3 is 3.04 bits per heavy atom. The van der Waals surface area contributed by atoms with Crippen LogP contribution in [0.3, 0.4) is 0 Å². The molecule has 2 bridgehead atoms. The highest BCUT2D eigenvalue weighted by Crippen LogP contribution is 2.52. The second-order valence-electron chi connectivity index (χ2n) is 7.33. The fourth-order valence-corrected chi connectivity index (χ4v) is 4.49. The molecule has 0 radical (unpaired) electrons. The van der Waals surface area contributed by atoms with E-state index in [0.29, 0.717) is 32.8 Å². The van der Waals surface area contributed by atoms with Gasteiger partial charge in [-0.15, -0.1) is 0 Å². The molecule has 0 N–H and O–H groups in total. The van der Waals surface area contributed by atoms with Crippen molar-refractivity contribution in [2.75, 3.05) is 33.4 Å². The third-order valence-corrected chi connectivity index (χ3v) is 5.80. The summed E-state index contributed by atoms with van der Waals surface area (Å²) in [6.07, 6.45) is 5.32. The molecule has 1 spiro atoms. The number of fused-ring (bicyclic) bond motifs is 1. The number of aromatic nitrogens is 1. The van der Waals surface area contributed by atoms with Crippen molar-refractivity contribution in [1.82, 2.24) is 14.8 Å². The van der Waals surface area contributed by atoms with E-state index in [1.807, 2.05) is 37.3 Å². The topological polar surface area (TPSA) is 72.0 Å². The van der Waals surface area contributed by atoms with Gasteiger partial charge in [-0.25, -0.2) is 0 Å². The summed E-state index contributed by atoms with van der Waals surface area (Å²) in [6.45, 7) is 4.42. The molecular formula is C20H25N3O4. The Kier molecular flexibility index (Phi) is 4.74. The highest BCUT2D eigenvalue weighted by Gasteiger charge is 2.67. The number of ether oxygens (including phenoxy) is 2. The van der Waals surface area contributed by atoms with Crippen LogP contribution in [-0.2, 0) is 25.6 Å². The SMILES string of the molecule is CCN(Cc1ccccn1)C(=O)[C@@H]1[C@@H]2C=C[C@@]3(CN(CCOC)C(=O)[C@H]13)O2. The molecule has 27 heavy (non-hydrogen) atoms. The van der Waals surface area contributed by atoms with Crippen LogP contribution in [0.1, 0.15) is 12.6 Å². The van der Waals surface area contributed by atoms with Crippen LogP contribution in [0.15, 0.2) is 36.5 Å². The molecule has 4 atom stereocenters. The van der Waals surface area contributed by atoms with Gasteiger partial charge in [-0.1, -0.05) is 18.2 Å². The van der Waals surface area contributed by atoms with Crippen molar-refractivity contribution in [2.24, 2.45) is 11.8 Å². The number of amides is 2. The fraction of sp³-hybridized carbons (Fsp3) is 0.550. The zero-order chi connectivity index (χ0) is 19.0. The fourth-order valence-electron chi connectivity index (χ4n) is 4.49. The van der Waals surface area contributed by atoms with Gasteiger partial charge < -0.3 is 19.3 Å². The van der Waals surface area contributed by atoms with E-state index in [9.17, 15) is 9.59 Å². The van der Waals surface area contributed by atoms with Gasteiger partial charge >= 0.3 is 0 Å². The van der Waals surface area contributed by atoms with Crippen LogP contribution >= 0.6 is 0 Å². The molecule has 4 rings (SSSR count). The first-order valence-corrected chi connectivity index (χ1v) is 9.43. The van der Waals surface area contributed by atoms with Gasteiger partial charge in [0, 0.05) is 26.4 Å². The molecule has 2 amide bonds. The number of rotatable bonds is 7. The maximum atomic E-state index is 13.4. The van der Waals surface area contributed by atoms with Gasteiger partial charge in [0.1, 0.15) is 5.60 Å². The van der Waals surface area contributed by atoms with Crippen molar-refractivity contribution in [1.29, 1.82) is 0 Å². The summed E-state index contributed by atoms with van der Waals surface area (Å²) in [7, 11) is 1.62. The average Bonchev–Trinajstić information content (AvgIpc) is 3.33. The molecule has 2 fully saturated rings. The van der Waals surface area contributed by atoms with E-state index in [0.717, 1.165) is 5.69 Å². The Bertz CT molecular complexity index is 753. The molecule has 3 aliphatic rings.